The molecular weight excluding hydrogens is 178 g/mol. The quantitative estimate of drug-likeness (QED) is 0.445. The first kappa shape index (κ1) is 11.4. The fourth-order valence-corrected chi connectivity index (χ4v) is 0.514. The summed E-state index contributed by atoms with van der Waals surface area (Å²) in [5.74, 6) is -3.33. The number of ether oxygens (including phenoxy) is 1. The highest BCUT2D eigenvalue weighted by Crippen LogP contribution is 1.84. The number of carboxylic acids is 1. The Hall–Kier alpha value is -1.59. The van der Waals surface area contributed by atoms with Crippen molar-refractivity contribution < 1.29 is 24.2 Å². The fourth-order valence-electron chi connectivity index (χ4n) is 0.514. The number of aliphatic carboxylic acids is 1. The van der Waals surface area contributed by atoms with Crippen molar-refractivity contribution in [1.29, 1.82) is 0 Å². The molecule has 1 unspecified atom stereocenters. The first-order valence-electron chi connectivity index (χ1n) is 3.69. The zero-order valence-corrected chi connectivity index (χ0v) is 7.36. The average Bonchev–Trinajstić information content (AvgIpc) is 2.04. The van der Waals surface area contributed by atoms with E-state index in [1.165, 1.54) is 6.92 Å². The Kier molecular flexibility index (Phi) is 4.50. The lowest BCUT2D eigenvalue weighted by atomic mass is 10.3. The Bertz CT molecular complexity index is 225. The second-order valence-electron chi connectivity index (χ2n) is 2.25. The van der Waals surface area contributed by atoms with Gasteiger partial charge in [0.1, 0.15) is 6.04 Å². The normalized spacial score (nSPS) is 11.5. The molecule has 1 amide bonds. The van der Waals surface area contributed by atoms with E-state index in [2.05, 4.69) is 4.74 Å². The smallest absolute Gasteiger partial charge is 0.396 e. The molecule has 0 fully saturated rings. The Morgan fingerprint density at radius 1 is 1.46 bits per heavy atom. The largest absolute Gasteiger partial charge is 0.480 e. The van der Waals surface area contributed by atoms with E-state index >= 15 is 0 Å². The van der Waals surface area contributed by atoms with Crippen LogP contribution in [0.15, 0.2) is 0 Å². The summed E-state index contributed by atoms with van der Waals surface area (Å²) in [4.78, 5) is 31.7. The van der Waals surface area contributed by atoms with E-state index in [0.29, 0.717) is 0 Å². The number of carbonyl (C=O) groups excluding carboxylic acids is 2. The van der Waals surface area contributed by atoms with Crippen LogP contribution in [-0.4, -0.2) is 35.6 Å². The van der Waals surface area contributed by atoms with Gasteiger partial charge in [-0.1, -0.05) is 0 Å². The highest BCUT2D eigenvalue weighted by molar-refractivity contribution is 6.32. The molecule has 0 aliphatic carbocycles. The molecular formula is C7H11NO5. The van der Waals surface area contributed by atoms with Crippen molar-refractivity contribution in [1.82, 2.24) is 5.32 Å². The number of nitrogens with one attached hydrogen (secondary N) is 1. The van der Waals surface area contributed by atoms with Crippen molar-refractivity contribution in [3.63, 3.8) is 0 Å². The second kappa shape index (κ2) is 5.13. The molecule has 0 aromatic rings. The Morgan fingerprint density at radius 2 is 2.00 bits per heavy atom. The van der Waals surface area contributed by atoms with E-state index in [-0.39, 0.29) is 6.61 Å². The van der Waals surface area contributed by atoms with Gasteiger partial charge in [0.25, 0.3) is 0 Å². The molecule has 13 heavy (non-hydrogen) atoms. The van der Waals surface area contributed by atoms with Gasteiger partial charge in [-0.2, -0.15) is 0 Å². The van der Waals surface area contributed by atoms with Gasteiger partial charge in [-0.3, -0.25) is 9.59 Å². The lowest BCUT2D eigenvalue weighted by Gasteiger charge is -2.07. The molecule has 74 valence electrons. The SMILES string of the molecule is CCOC(=O)C(=O)NC(C)C(=O)O. The number of esters is 1. The van der Waals surface area contributed by atoms with Crippen molar-refractivity contribution in [3.05, 3.63) is 0 Å². The van der Waals surface area contributed by atoms with E-state index in [1.807, 2.05) is 5.32 Å². The number of carboxylic acid groups (broad SMARTS) is 1. The van der Waals surface area contributed by atoms with Crippen molar-refractivity contribution in [2.75, 3.05) is 6.61 Å². The lowest BCUT2D eigenvalue weighted by molar-refractivity contribution is -0.155. The van der Waals surface area contributed by atoms with Gasteiger partial charge >= 0.3 is 17.8 Å². The van der Waals surface area contributed by atoms with Crippen LogP contribution in [0.2, 0.25) is 0 Å². The van der Waals surface area contributed by atoms with Crippen LogP contribution in [0.3, 0.4) is 0 Å². The van der Waals surface area contributed by atoms with E-state index in [1.54, 1.807) is 6.92 Å². The minimum absolute atomic E-state index is 0.0771. The third kappa shape index (κ3) is 4.09. The maximum Gasteiger partial charge on any atom is 0.396 e. The van der Waals surface area contributed by atoms with Crippen molar-refractivity contribution in [3.8, 4) is 0 Å². The minimum atomic E-state index is -1.21. The molecule has 0 rings (SSSR count). The van der Waals surface area contributed by atoms with Crippen LogP contribution in [0.4, 0.5) is 0 Å². The summed E-state index contributed by atoms with van der Waals surface area (Å²) in [5.41, 5.74) is 0. The predicted molar refractivity (Wildman–Crippen MR) is 41.9 cm³/mol. The summed E-state index contributed by atoms with van der Waals surface area (Å²) in [6, 6.07) is -1.10. The number of amides is 1. The van der Waals surface area contributed by atoms with Crippen LogP contribution in [0.25, 0.3) is 0 Å². The first-order valence-corrected chi connectivity index (χ1v) is 3.69. The summed E-state index contributed by atoms with van der Waals surface area (Å²) in [6.07, 6.45) is 0. The molecule has 6 heteroatoms. The number of rotatable bonds is 3. The average molecular weight is 189 g/mol. The molecule has 0 saturated heterocycles. The Morgan fingerprint density at radius 3 is 2.38 bits per heavy atom. The highest BCUT2D eigenvalue weighted by atomic mass is 16.5. The Labute approximate surface area is 74.9 Å². The van der Waals surface area contributed by atoms with Crippen LogP contribution < -0.4 is 5.32 Å². The number of carbonyl (C=O) groups is 3. The van der Waals surface area contributed by atoms with E-state index in [9.17, 15) is 14.4 Å². The van der Waals surface area contributed by atoms with Crippen molar-refractivity contribution >= 4 is 17.8 Å². The summed E-state index contributed by atoms with van der Waals surface area (Å²) >= 11 is 0. The highest BCUT2D eigenvalue weighted by Gasteiger charge is 2.20. The number of hydrogen-bond acceptors (Lipinski definition) is 4. The lowest BCUT2D eigenvalue weighted by Crippen LogP contribution is -2.42. The zero-order chi connectivity index (χ0) is 10.4. The predicted octanol–water partition coefficient (Wildman–Crippen LogP) is -0.861. The molecule has 0 heterocycles. The van der Waals surface area contributed by atoms with E-state index in [4.69, 9.17) is 5.11 Å². The Balaban J connectivity index is 4.00. The molecule has 0 aliphatic heterocycles. The fraction of sp³-hybridized carbons (Fsp3) is 0.571. The van der Waals surface area contributed by atoms with Gasteiger partial charge in [0, 0.05) is 0 Å². The standard InChI is InChI=1S/C7H11NO5/c1-3-13-7(12)5(9)8-4(2)6(10)11/h4H,3H2,1-2H3,(H,8,9)(H,10,11). The van der Waals surface area contributed by atoms with Gasteiger partial charge in [-0.15, -0.1) is 0 Å². The maximum absolute atomic E-state index is 10.8. The zero-order valence-electron chi connectivity index (χ0n) is 7.36. The van der Waals surface area contributed by atoms with Crippen LogP contribution in [0, 0.1) is 0 Å². The minimum Gasteiger partial charge on any atom is -0.480 e. The molecule has 0 aliphatic rings. The van der Waals surface area contributed by atoms with Gasteiger partial charge in [-0.25, -0.2) is 4.79 Å². The molecule has 0 bridgehead atoms. The van der Waals surface area contributed by atoms with E-state index in [0.717, 1.165) is 0 Å². The van der Waals surface area contributed by atoms with Crippen LogP contribution in [0.1, 0.15) is 13.8 Å². The first-order chi connectivity index (χ1) is 5.99. The monoisotopic (exact) mass is 189 g/mol. The topological polar surface area (TPSA) is 92.7 Å². The summed E-state index contributed by atoms with van der Waals surface area (Å²) in [5, 5.41) is 10.3. The second-order valence-corrected chi connectivity index (χ2v) is 2.25. The number of hydrogen-bond donors (Lipinski definition) is 2. The van der Waals surface area contributed by atoms with Gasteiger partial charge in [-0.05, 0) is 13.8 Å². The van der Waals surface area contributed by atoms with Crippen LogP contribution >= 0.6 is 0 Å². The summed E-state index contributed by atoms with van der Waals surface area (Å²) < 4.78 is 4.34. The molecule has 0 aromatic heterocycles. The van der Waals surface area contributed by atoms with Gasteiger partial charge in [0.05, 0.1) is 6.61 Å². The van der Waals surface area contributed by atoms with Gasteiger partial charge in [0.2, 0.25) is 0 Å². The molecule has 0 spiro atoms. The molecule has 0 aromatic carbocycles. The molecule has 0 radical (unpaired) electrons. The van der Waals surface area contributed by atoms with Crippen LogP contribution in [-0.2, 0) is 19.1 Å². The summed E-state index contributed by atoms with van der Waals surface area (Å²) in [7, 11) is 0. The van der Waals surface area contributed by atoms with Crippen LogP contribution in [0.5, 0.6) is 0 Å². The van der Waals surface area contributed by atoms with E-state index < -0.39 is 23.9 Å². The molecule has 0 saturated carbocycles. The molecule has 1 atom stereocenters. The summed E-state index contributed by atoms with van der Waals surface area (Å²) in [6.45, 7) is 2.87. The van der Waals surface area contributed by atoms with Gasteiger partial charge < -0.3 is 15.2 Å². The molecule has 2 N–H and O–H groups in total. The third-order valence-corrected chi connectivity index (χ3v) is 1.18. The third-order valence-electron chi connectivity index (χ3n) is 1.18. The van der Waals surface area contributed by atoms with Gasteiger partial charge in [0.15, 0.2) is 0 Å². The maximum atomic E-state index is 10.8. The van der Waals surface area contributed by atoms with Crippen molar-refractivity contribution in [2.24, 2.45) is 0 Å². The van der Waals surface area contributed by atoms with Crippen molar-refractivity contribution in [2.45, 2.75) is 19.9 Å². The molecule has 6 nitrogen and oxygen atoms in total.